The minimum absolute atomic E-state index is 0.513. The summed E-state index contributed by atoms with van der Waals surface area (Å²) in [6, 6.07) is 21.2. The quantitative estimate of drug-likeness (QED) is 0.783. The van der Waals surface area contributed by atoms with Crippen LogP contribution in [0.2, 0.25) is 0 Å². The van der Waals surface area contributed by atoms with Crippen LogP contribution in [0.4, 0.5) is 5.82 Å². The molecule has 0 spiro atoms. The maximum atomic E-state index is 5.79. The largest absolute Gasteiger partial charge is 0.439 e. The van der Waals surface area contributed by atoms with Crippen LogP contribution in [-0.2, 0) is 0 Å². The number of para-hydroxylation sites is 1. The van der Waals surface area contributed by atoms with Crippen LogP contribution in [0, 0.1) is 0 Å². The lowest BCUT2D eigenvalue weighted by atomic mass is 10.2. The molecule has 1 N–H and O–H groups in total. The van der Waals surface area contributed by atoms with Gasteiger partial charge >= 0.3 is 0 Å². The van der Waals surface area contributed by atoms with E-state index in [0.29, 0.717) is 11.7 Å². The predicted octanol–water partition coefficient (Wildman–Crippen LogP) is 3.98. The van der Waals surface area contributed by atoms with Gasteiger partial charge in [0.1, 0.15) is 11.6 Å². The van der Waals surface area contributed by atoms with Crippen LogP contribution in [-0.4, -0.2) is 17.0 Å². The number of benzene rings is 2. The zero-order chi connectivity index (χ0) is 14.5. The highest BCUT2D eigenvalue weighted by molar-refractivity contribution is 5.58. The number of anilines is 1. The minimum Gasteiger partial charge on any atom is -0.439 e. The van der Waals surface area contributed by atoms with Crippen LogP contribution in [0.25, 0.3) is 11.4 Å². The first kappa shape index (κ1) is 13.1. The Bertz CT molecular complexity index is 715. The van der Waals surface area contributed by atoms with Crippen molar-refractivity contribution in [2.75, 3.05) is 12.4 Å². The maximum Gasteiger partial charge on any atom is 0.224 e. The van der Waals surface area contributed by atoms with Crippen molar-refractivity contribution in [2.45, 2.75) is 0 Å². The second-order valence-electron chi connectivity index (χ2n) is 4.45. The molecule has 0 atom stereocenters. The molecule has 21 heavy (non-hydrogen) atoms. The van der Waals surface area contributed by atoms with Gasteiger partial charge in [-0.05, 0) is 12.1 Å². The van der Waals surface area contributed by atoms with E-state index in [1.807, 2.05) is 67.7 Å². The molecule has 0 fully saturated rings. The van der Waals surface area contributed by atoms with Crippen molar-refractivity contribution in [1.82, 2.24) is 9.97 Å². The number of hydrogen-bond acceptors (Lipinski definition) is 4. The summed E-state index contributed by atoms with van der Waals surface area (Å²) in [5.74, 6) is 2.61. The molecule has 104 valence electrons. The van der Waals surface area contributed by atoms with Gasteiger partial charge < -0.3 is 10.1 Å². The van der Waals surface area contributed by atoms with E-state index in [0.717, 1.165) is 17.1 Å². The molecule has 0 aliphatic heterocycles. The monoisotopic (exact) mass is 277 g/mol. The summed E-state index contributed by atoms with van der Waals surface area (Å²) < 4.78 is 5.79. The summed E-state index contributed by atoms with van der Waals surface area (Å²) in [6.45, 7) is 0. The molecule has 2 aromatic carbocycles. The van der Waals surface area contributed by atoms with Gasteiger partial charge in [-0.1, -0.05) is 48.5 Å². The molecule has 1 heterocycles. The topological polar surface area (TPSA) is 47.0 Å². The Hall–Kier alpha value is -2.88. The molecular weight excluding hydrogens is 262 g/mol. The van der Waals surface area contributed by atoms with Crippen LogP contribution in [0.15, 0.2) is 66.7 Å². The van der Waals surface area contributed by atoms with E-state index in [1.165, 1.54) is 0 Å². The summed E-state index contributed by atoms with van der Waals surface area (Å²) in [6.07, 6.45) is 0. The van der Waals surface area contributed by atoms with Gasteiger partial charge in [-0.2, -0.15) is 4.98 Å². The third kappa shape index (κ3) is 3.17. The molecular formula is C17H15N3O. The van der Waals surface area contributed by atoms with Gasteiger partial charge in [-0.3, -0.25) is 0 Å². The zero-order valence-corrected chi connectivity index (χ0v) is 11.7. The highest BCUT2D eigenvalue weighted by atomic mass is 16.5. The number of nitrogens with one attached hydrogen (secondary N) is 1. The number of rotatable bonds is 4. The van der Waals surface area contributed by atoms with E-state index in [-0.39, 0.29) is 0 Å². The maximum absolute atomic E-state index is 5.79. The SMILES string of the molecule is CNc1cc(Oc2ccccc2)nc(-c2ccccc2)n1. The van der Waals surface area contributed by atoms with E-state index < -0.39 is 0 Å². The third-order valence-electron chi connectivity index (χ3n) is 2.96. The second-order valence-corrected chi connectivity index (χ2v) is 4.45. The van der Waals surface area contributed by atoms with E-state index in [1.54, 1.807) is 6.07 Å². The molecule has 3 aromatic rings. The molecule has 0 saturated heterocycles. The number of aromatic nitrogens is 2. The molecule has 4 heteroatoms. The van der Waals surface area contributed by atoms with E-state index in [4.69, 9.17) is 4.74 Å². The first-order valence-electron chi connectivity index (χ1n) is 6.70. The molecule has 4 nitrogen and oxygen atoms in total. The highest BCUT2D eigenvalue weighted by Crippen LogP contribution is 2.24. The van der Waals surface area contributed by atoms with Crippen molar-refractivity contribution < 1.29 is 4.74 Å². The van der Waals surface area contributed by atoms with E-state index >= 15 is 0 Å². The first-order valence-corrected chi connectivity index (χ1v) is 6.70. The molecule has 0 aliphatic carbocycles. The molecule has 3 rings (SSSR count). The predicted molar refractivity (Wildman–Crippen MR) is 83.5 cm³/mol. The van der Waals surface area contributed by atoms with Crippen molar-refractivity contribution in [3.63, 3.8) is 0 Å². The fourth-order valence-corrected chi connectivity index (χ4v) is 1.93. The Labute approximate surface area is 123 Å². The normalized spacial score (nSPS) is 10.1. The standard InChI is InChI=1S/C17H15N3O/c1-18-15-12-16(21-14-10-6-3-7-11-14)20-17(19-15)13-8-4-2-5-9-13/h2-12H,1H3,(H,18,19,20). The highest BCUT2D eigenvalue weighted by Gasteiger charge is 2.07. The second kappa shape index (κ2) is 6.05. The van der Waals surface area contributed by atoms with Crippen LogP contribution >= 0.6 is 0 Å². The van der Waals surface area contributed by atoms with Gasteiger partial charge in [0, 0.05) is 18.7 Å². The third-order valence-corrected chi connectivity index (χ3v) is 2.96. The Balaban J connectivity index is 1.98. The van der Waals surface area contributed by atoms with Gasteiger partial charge in [0.15, 0.2) is 5.82 Å². The Morgan fingerprint density at radius 1 is 0.857 bits per heavy atom. The summed E-state index contributed by atoms with van der Waals surface area (Å²) in [7, 11) is 1.82. The number of ether oxygens (including phenoxy) is 1. The lowest BCUT2D eigenvalue weighted by Crippen LogP contribution is -1.99. The van der Waals surface area contributed by atoms with Crippen molar-refractivity contribution in [1.29, 1.82) is 0 Å². The Morgan fingerprint density at radius 3 is 2.19 bits per heavy atom. The van der Waals surface area contributed by atoms with Crippen LogP contribution in [0.3, 0.4) is 0 Å². The Kier molecular flexibility index (Phi) is 3.78. The van der Waals surface area contributed by atoms with Crippen LogP contribution in [0.1, 0.15) is 0 Å². The van der Waals surface area contributed by atoms with E-state index in [2.05, 4.69) is 15.3 Å². The van der Waals surface area contributed by atoms with Gasteiger partial charge in [0.05, 0.1) is 0 Å². The van der Waals surface area contributed by atoms with Crippen LogP contribution in [0.5, 0.6) is 11.6 Å². The minimum atomic E-state index is 0.513. The van der Waals surface area contributed by atoms with Crippen molar-refractivity contribution in [3.8, 4) is 23.0 Å². The van der Waals surface area contributed by atoms with Crippen molar-refractivity contribution in [3.05, 3.63) is 66.7 Å². The fourth-order valence-electron chi connectivity index (χ4n) is 1.93. The van der Waals surface area contributed by atoms with Crippen molar-refractivity contribution >= 4 is 5.82 Å². The molecule has 0 amide bonds. The van der Waals surface area contributed by atoms with Gasteiger partial charge in [0.2, 0.25) is 5.88 Å². The van der Waals surface area contributed by atoms with Gasteiger partial charge in [-0.25, -0.2) is 4.98 Å². The lowest BCUT2D eigenvalue weighted by Gasteiger charge is -2.09. The Morgan fingerprint density at radius 2 is 1.52 bits per heavy atom. The van der Waals surface area contributed by atoms with Gasteiger partial charge in [-0.15, -0.1) is 0 Å². The number of nitrogens with zero attached hydrogens (tertiary/aromatic N) is 2. The van der Waals surface area contributed by atoms with Crippen molar-refractivity contribution in [2.24, 2.45) is 0 Å². The molecule has 0 bridgehead atoms. The van der Waals surface area contributed by atoms with Crippen LogP contribution < -0.4 is 10.1 Å². The van der Waals surface area contributed by atoms with E-state index in [9.17, 15) is 0 Å². The molecule has 0 saturated carbocycles. The molecule has 0 aliphatic rings. The molecule has 1 aromatic heterocycles. The first-order chi connectivity index (χ1) is 10.3. The van der Waals surface area contributed by atoms with Gasteiger partial charge in [0.25, 0.3) is 0 Å². The summed E-state index contributed by atoms with van der Waals surface area (Å²) >= 11 is 0. The average Bonchev–Trinajstić information content (AvgIpc) is 2.56. The average molecular weight is 277 g/mol. The summed E-state index contributed by atoms with van der Waals surface area (Å²) in [5, 5.41) is 3.03. The summed E-state index contributed by atoms with van der Waals surface area (Å²) in [4.78, 5) is 8.94. The molecule has 0 radical (unpaired) electrons. The fraction of sp³-hybridized carbons (Fsp3) is 0.0588. The lowest BCUT2D eigenvalue weighted by molar-refractivity contribution is 0.463. The smallest absolute Gasteiger partial charge is 0.224 e. The number of hydrogen-bond donors (Lipinski definition) is 1. The molecule has 0 unspecified atom stereocenters. The zero-order valence-electron chi connectivity index (χ0n) is 11.7. The summed E-state index contributed by atoms with van der Waals surface area (Å²) in [5.41, 5.74) is 0.951.